The van der Waals surface area contributed by atoms with Crippen LogP contribution in [0.3, 0.4) is 0 Å². The molecule has 0 saturated carbocycles. The summed E-state index contributed by atoms with van der Waals surface area (Å²) in [5.41, 5.74) is 1.39. The van der Waals surface area contributed by atoms with Crippen molar-refractivity contribution in [2.75, 3.05) is 19.7 Å². The van der Waals surface area contributed by atoms with Crippen LogP contribution in [0.5, 0.6) is 5.75 Å². The summed E-state index contributed by atoms with van der Waals surface area (Å²) in [6.07, 6.45) is -0.274. The standard InChI is InChI=1S/C19H19FN4O3/c20-14-9-24(18(25)12-26-13-5-2-1-3-6-13)10-16(14)27-11-17-22-15-7-4-8-21-19(15)23-17/h1-8,14,16H,9-12H2,(H,21,22,23)/t14-,16+/m1/s1. The SMILES string of the molecule is O=C(COc1ccccc1)N1C[C@@H](F)[C@@H](OCc2nc3ncccc3[nH]2)C1. The highest BCUT2D eigenvalue weighted by Gasteiger charge is 2.36. The molecule has 0 radical (unpaired) electrons. The van der Waals surface area contributed by atoms with E-state index in [0.717, 1.165) is 5.52 Å². The number of alkyl halides is 1. The summed E-state index contributed by atoms with van der Waals surface area (Å²) < 4.78 is 25.3. The zero-order chi connectivity index (χ0) is 18.6. The summed E-state index contributed by atoms with van der Waals surface area (Å²) in [7, 11) is 0. The number of halogens is 1. The first-order valence-electron chi connectivity index (χ1n) is 8.70. The maximum Gasteiger partial charge on any atom is 0.260 e. The molecule has 0 spiro atoms. The summed E-state index contributed by atoms with van der Waals surface area (Å²) in [6.45, 7) is 0.197. The van der Waals surface area contributed by atoms with Gasteiger partial charge in [0.05, 0.1) is 18.6 Å². The van der Waals surface area contributed by atoms with Crippen LogP contribution in [-0.2, 0) is 16.1 Å². The highest BCUT2D eigenvalue weighted by atomic mass is 19.1. The normalized spacial score (nSPS) is 19.5. The van der Waals surface area contributed by atoms with E-state index >= 15 is 0 Å². The molecule has 27 heavy (non-hydrogen) atoms. The first-order chi connectivity index (χ1) is 13.2. The Morgan fingerprint density at radius 1 is 1.22 bits per heavy atom. The van der Waals surface area contributed by atoms with Crippen LogP contribution in [0.25, 0.3) is 11.2 Å². The molecule has 4 rings (SSSR count). The van der Waals surface area contributed by atoms with Crippen molar-refractivity contribution in [1.82, 2.24) is 19.9 Å². The molecule has 1 amide bonds. The molecule has 0 unspecified atom stereocenters. The topological polar surface area (TPSA) is 80.3 Å². The van der Waals surface area contributed by atoms with Gasteiger partial charge in [0, 0.05) is 6.20 Å². The Hall–Kier alpha value is -3.00. The number of ether oxygens (including phenoxy) is 2. The van der Waals surface area contributed by atoms with Crippen LogP contribution >= 0.6 is 0 Å². The van der Waals surface area contributed by atoms with Crippen molar-refractivity contribution in [3.8, 4) is 5.75 Å². The van der Waals surface area contributed by atoms with Gasteiger partial charge in [0.25, 0.3) is 5.91 Å². The lowest BCUT2D eigenvalue weighted by atomic mass is 10.3. The van der Waals surface area contributed by atoms with Gasteiger partial charge in [-0.1, -0.05) is 18.2 Å². The number of carbonyl (C=O) groups is 1. The molecule has 0 bridgehead atoms. The molecule has 1 aliphatic rings. The Kier molecular flexibility index (Phi) is 4.97. The molecule has 1 fully saturated rings. The molecule has 1 aromatic carbocycles. The number of pyridine rings is 1. The van der Waals surface area contributed by atoms with Gasteiger partial charge in [-0.3, -0.25) is 4.79 Å². The van der Waals surface area contributed by atoms with Crippen LogP contribution in [0.15, 0.2) is 48.7 Å². The van der Waals surface area contributed by atoms with Crippen molar-refractivity contribution in [3.63, 3.8) is 0 Å². The zero-order valence-corrected chi connectivity index (χ0v) is 14.5. The lowest BCUT2D eigenvalue weighted by molar-refractivity contribution is -0.132. The van der Waals surface area contributed by atoms with Gasteiger partial charge >= 0.3 is 0 Å². The summed E-state index contributed by atoms with van der Waals surface area (Å²) >= 11 is 0. The number of benzene rings is 1. The second kappa shape index (κ2) is 7.71. The van der Waals surface area contributed by atoms with Crippen LogP contribution in [0, 0.1) is 0 Å². The number of aromatic amines is 1. The van der Waals surface area contributed by atoms with Crippen molar-refractivity contribution < 1.29 is 18.7 Å². The molecule has 2 aromatic heterocycles. The number of H-pyrrole nitrogens is 1. The lowest BCUT2D eigenvalue weighted by Crippen LogP contribution is -2.34. The molecule has 8 heteroatoms. The largest absolute Gasteiger partial charge is 0.484 e. The number of imidazole rings is 1. The van der Waals surface area contributed by atoms with Gasteiger partial charge in [0.2, 0.25) is 0 Å². The number of aromatic nitrogens is 3. The Morgan fingerprint density at radius 3 is 2.89 bits per heavy atom. The van der Waals surface area contributed by atoms with Crippen molar-refractivity contribution in [3.05, 3.63) is 54.5 Å². The Bertz CT molecular complexity index is 884. The van der Waals surface area contributed by atoms with Crippen molar-refractivity contribution in [1.29, 1.82) is 0 Å². The summed E-state index contributed by atoms with van der Waals surface area (Å²) in [5, 5.41) is 0. The smallest absolute Gasteiger partial charge is 0.260 e. The predicted octanol–water partition coefficient (Wildman–Crippen LogP) is 2.10. The van der Waals surface area contributed by atoms with E-state index in [-0.39, 0.29) is 32.2 Å². The number of carbonyl (C=O) groups excluding carboxylic acids is 1. The van der Waals surface area contributed by atoms with Gasteiger partial charge in [0.1, 0.15) is 30.5 Å². The lowest BCUT2D eigenvalue weighted by Gasteiger charge is -2.16. The van der Waals surface area contributed by atoms with E-state index in [1.54, 1.807) is 24.4 Å². The number of rotatable bonds is 6. The number of hydrogen-bond acceptors (Lipinski definition) is 5. The fraction of sp³-hybridized carbons (Fsp3) is 0.316. The van der Waals surface area contributed by atoms with Gasteiger partial charge in [-0.2, -0.15) is 0 Å². The third-order valence-corrected chi connectivity index (χ3v) is 4.40. The number of likely N-dealkylation sites (tertiary alicyclic amines) is 1. The van der Waals surface area contributed by atoms with Crippen LogP contribution in [0.4, 0.5) is 4.39 Å². The molecule has 3 aromatic rings. The second-order valence-corrected chi connectivity index (χ2v) is 6.32. The second-order valence-electron chi connectivity index (χ2n) is 6.32. The third-order valence-electron chi connectivity index (χ3n) is 4.40. The molecule has 1 saturated heterocycles. The number of hydrogen-bond donors (Lipinski definition) is 1. The maximum atomic E-state index is 14.3. The van der Waals surface area contributed by atoms with Crippen LogP contribution in [0.2, 0.25) is 0 Å². The maximum absolute atomic E-state index is 14.3. The Balaban J connectivity index is 1.29. The van der Waals surface area contributed by atoms with Gasteiger partial charge < -0.3 is 19.4 Å². The highest BCUT2D eigenvalue weighted by Crippen LogP contribution is 2.19. The number of amides is 1. The number of para-hydroxylation sites is 1. The molecule has 7 nitrogen and oxygen atoms in total. The van der Waals surface area contributed by atoms with E-state index in [1.165, 1.54) is 4.90 Å². The monoisotopic (exact) mass is 370 g/mol. The van der Waals surface area contributed by atoms with Crippen molar-refractivity contribution >= 4 is 17.1 Å². The summed E-state index contributed by atoms with van der Waals surface area (Å²) in [6, 6.07) is 12.7. The third kappa shape index (κ3) is 4.06. The molecular formula is C19H19FN4O3. The minimum atomic E-state index is -1.24. The van der Waals surface area contributed by atoms with Crippen molar-refractivity contribution in [2.45, 2.75) is 18.9 Å². The Labute approximate surface area is 155 Å². The van der Waals surface area contributed by atoms with Crippen LogP contribution < -0.4 is 4.74 Å². The first-order valence-corrected chi connectivity index (χ1v) is 8.70. The highest BCUT2D eigenvalue weighted by molar-refractivity contribution is 5.78. The minimum Gasteiger partial charge on any atom is -0.484 e. The number of fused-ring (bicyclic) bond motifs is 1. The fourth-order valence-corrected chi connectivity index (χ4v) is 3.00. The van der Waals surface area contributed by atoms with Crippen molar-refractivity contribution in [2.24, 2.45) is 0 Å². The first kappa shape index (κ1) is 17.4. The summed E-state index contributed by atoms with van der Waals surface area (Å²) in [5.74, 6) is 0.918. The van der Waals surface area contributed by atoms with E-state index in [0.29, 0.717) is 17.2 Å². The molecule has 3 heterocycles. The summed E-state index contributed by atoms with van der Waals surface area (Å²) in [4.78, 5) is 25.2. The van der Waals surface area contributed by atoms with E-state index < -0.39 is 12.3 Å². The zero-order valence-electron chi connectivity index (χ0n) is 14.5. The average molecular weight is 370 g/mol. The minimum absolute atomic E-state index is 0.00331. The molecule has 0 aliphatic carbocycles. The van der Waals surface area contributed by atoms with Gasteiger partial charge in [0.15, 0.2) is 12.3 Å². The predicted molar refractivity (Wildman–Crippen MR) is 95.9 cm³/mol. The van der Waals surface area contributed by atoms with Gasteiger partial charge in [-0.15, -0.1) is 0 Å². The number of nitrogens with one attached hydrogen (secondary N) is 1. The van der Waals surface area contributed by atoms with E-state index in [2.05, 4.69) is 15.0 Å². The van der Waals surface area contributed by atoms with E-state index in [1.807, 2.05) is 24.3 Å². The van der Waals surface area contributed by atoms with Gasteiger partial charge in [-0.05, 0) is 24.3 Å². The van der Waals surface area contributed by atoms with E-state index in [9.17, 15) is 9.18 Å². The number of nitrogens with zero attached hydrogens (tertiary/aromatic N) is 3. The fourth-order valence-electron chi connectivity index (χ4n) is 3.00. The quantitative estimate of drug-likeness (QED) is 0.719. The Morgan fingerprint density at radius 2 is 2.07 bits per heavy atom. The van der Waals surface area contributed by atoms with E-state index in [4.69, 9.17) is 9.47 Å². The van der Waals surface area contributed by atoms with Crippen LogP contribution in [0.1, 0.15) is 5.82 Å². The molecular weight excluding hydrogens is 351 g/mol. The molecule has 1 aliphatic heterocycles. The molecule has 140 valence electrons. The molecule has 1 N–H and O–H groups in total. The van der Waals surface area contributed by atoms with Gasteiger partial charge in [-0.25, -0.2) is 14.4 Å². The van der Waals surface area contributed by atoms with Crippen LogP contribution in [-0.4, -0.2) is 57.7 Å². The molecule has 2 atom stereocenters. The average Bonchev–Trinajstić information content (AvgIpc) is 3.28.